The van der Waals surface area contributed by atoms with Crippen LogP contribution >= 0.6 is 0 Å². The normalized spacial score (nSPS) is 17.8. The maximum atomic E-state index is 14.3. The molecule has 1 aromatic heterocycles. The first kappa shape index (κ1) is 25.0. The maximum Gasteiger partial charge on any atom is 0.273 e. The van der Waals surface area contributed by atoms with Gasteiger partial charge in [0.1, 0.15) is 5.82 Å². The van der Waals surface area contributed by atoms with Crippen molar-refractivity contribution in [2.24, 2.45) is 5.29 Å². The zero-order valence-corrected chi connectivity index (χ0v) is 20.8. The molecule has 3 heterocycles. The number of carbonyl (C=O) groups is 2. The van der Waals surface area contributed by atoms with Gasteiger partial charge in [-0.25, -0.2) is 9.82 Å². The molecule has 1 N–H and O–H groups in total. The number of benzene rings is 2. The van der Waals surface area contributed by atoms with Crippen LogP contribution < -0.4 is 5.43 Å². The number of fused-ring (bicyclic) bond motifs is 3. The molecule has 194 valence electrons. The fourth-order valence-electron chi connectivity index (χ4n) is 5.64. The Morgan fingerprint density at radius 2 is 1.97 bits per heavy atom. The predicted octanol–water partition coefficient (Wildman–Crippen LogP) is 3.35. The van der Waals surface area contributed by atoms with Gasteiger partial charge < -0.3 is 14.2 Å². The molecule has 5 rings (SSSR count). The van der Waals surface area contributed by atoms with Gasteiger partial charge >= 0.3 is 0 Å². The van der Waals surface area contributed by atoms with E-state index in [0.717, 1.165) is 42.7 Å². The fourth-order valence-corrected chi connectivity index (χ4v) is 5.64. The highest BCUT2D eigenvalue weighted by Crippen LogP contribution is 2.32. The average Bonchev–Trinajstić information content (AvgIpc) is 3.46. The largest absolute Gasteiger partial charge is 0.383 e. The smallest absolute Gasteiger partial charge is 0.273 e. The predicted molar refractivity (Wildman–Crippen MR) is 137 cm³/mol. The molecule has 0 radical (unpaired) electrons. The molecule has 1 unspecified atom stereocenters. The molecular weight excluding hydrogens is 477 g/mol. The minimum atomic E-state index is -0.575. The van der Waals surface area contributed by atoms with Crippen LogP contribution in [-0.4, -0.2) is 72.1 Å². The van der Waals surface area contributed by atoms with Crippen LogP contribution in [-0.2, 0) is 17.7 Å². The first-order chi connectivity index (χ1) is 18.0. The summed E-state index contributed by atoms with van der Waals surface area (Å²) in [6.45, 7) is 4.19. The lowest BCUT2D eigenvalue weighted by molar-refractivity contribution is 0.0687. The average molecular weight is 508 g/mol. The number of hydrogen-bond donors (Lipinski definition) is 1. The van der Waals surface area contributed by atoms with Crippen molar-refractivity contribution in [1.29, 1.82) is 0 Å². The number of rotatable bonds is 9. The molecule has 2 aliphatic heterocycles. The zero-order valence-electron chi connectivity index (χ0n) is 20.8. The topological polar surface area (TPSA) is 96.2 Å². The van der Waals surface area contributed by atoms with Crippen LogP contribution in [0, 0.1) is 10.7 Å². The Morgan fingerprint density at radius 1 is 1.16 bits per heavy atom. The van der Waals surface area contributed by atoms with Crippen LogP contribution in [0.1, 0.15) is 44.8 Å². The lowest BCUT2D eigenvalue weighted by atomic mass is 10.0. The third-order valence-corrected chi connectivity index (χ3v) is 7.47. The Kier molecular flexibility index (Phi) is 7.29. The van der Waals surface area contributed by atoms with Gasteiger partial charge in [-0.05, 0) is 55.3 Å². The quantitative estimate of drug-likeness (QED) is 0.354. The maximum absolute atomic E-state index is 14.3. The number of ether oxygens (including phenoxy) is 1. The first-order valence-electron chi connectivity index (χ1n) is 12.5. The molecule has 1 saturated heterocycles. The van der Waals surface area contributed by atoms with E-state index < -0.39 is 5.91 Å². The second-order valence-corrected chi connectivity index (χ2v) is 9.63. The third kappa shape index (κ3) is 4.99. The minimum Gasteiger partial charge on any atom is -0.383 e. The summed E-state index contributed by atoms with van der Waals surface area (Å²) >= 11 is 0. The van der Waals surface area contributed by atoms with Gasteiger partial charge in [0.25, 0.3) is 11.8 Å². The Labute approximate surface area is 214 Å². The molecule has 10 heteroatoms. The van der Waals surface area contributed by atoms with Crippen LogP contribution in [0.3, 0.4) is 0 Å². The van der Waals surface area contributed by atoms with Crippen molar-refractivity contribution in [3.63, 3.8) is 0 Å². The van der Waals surface area contributed by atoms with Crippen LogP contribution in [0.4, 0.5) is 4.39 Å². The van der Waals surface area contributed by atoms with Crippen molar-refractivity contribution in [2.75, 3.05) is 39.9 Å². The summed E-state index contributed by atoms with van der Waals surface area (Å²) < 4.78 is 21.7. The van der Waals surface area contributed by atoms with Gasteiger partial charge in [0, 0.05) is 67.9 Å². The van der Waals surface area contributed by atoms with Crippen LogP contribution in [0.2, 0.25) is 0 Å². The molecule has 2 aromatic carbocycles. The van der Waals surface area contributed by atoms with Crippen molar-refractivity contribution >= 4 is 22.7 Å². The van der Waals surface area contributed by atoms with Crippen molar-refractivity contribution in [2.45, 2.75) is 31.8 Å². The van der Waals surface area contributed by atoms with E-state index in [1.54, 1.807) is 37.4 Å². The van der Waals surface area contributed by atoms with Gasteiger partial charge in [0.15, 0.2) is 0 Å². The van der Waals surface area contributed by atoms with E-state index in [0.29, 0.717) is 55.2 Å². The monoisotopic (exact) mass is 507 g/mol. The number of nitrogens with zero attached hydrogens (tertiary/aromatic N) is 4. The molecule has 0 saturated carbocycles. The molecule has 1 fully saturated rings. The number of methoxy groups -OCH3 is 1. The molecule has 0 aliphatic carbocycles. The summed E-state index contributed by atoms with van der Waals surface area (Å²) in [6, 6.07) is 11.8. The summed E-state index contributed by atoms with van der Waals surface area (Å²) in [5.41, 5.74) is 5.38. The van der Waals surface area contributed by atoms with E-state index >= 15 is 0 Å². The van der Waals surface area contributed by atoms with Gasteiger partial charge in [-0.3, -0.25) is 14.5 Å². The summed E-state index contributed by atoms with van der Waals surface area (Å²) in [5, 5.41) is 3.04. The van der Waals surface area contributed by atoms with E-state index in [4.69, 9.17) is 4.74 Å². The van der Waals surface area contributed by atoms with Gasteiger partial charge in [-0.15, -0.1) is 4.91 Å². The van der Waals surface area contributed by atoms with Crippen molar-refractivity contribution in [3.8, 4) is 0 Å². The van der Waals surface area contributed by atoms with Crippen LogP contribution in [0.5, 0.6) is 0 Å². The molecule has 1 atom stereocenters. The number of nitrogens with one attached hydrogen (secondary N) is 1. The molecule has 9 nitrogen and oxygen atoms in total. The Morgan fingerprint density at radius 3 is 2.73 bits per heavy atom. The fraction of sp³-hybridized carbons (Fsp3) is 0.407. The second kappa shape index (κ2) is 10.8. The highest BCUT2D eigenvalue weighted by atomic mass is 19.1. The minimum absolute atomic E-state index is 0.0635. The van der Waals surface area contributed by atoms with Crippen LogP contribution in [0.25, 0.3) is 10.9 Å². The van der Waals surface area contributed by atoms with Gasteiger partial charge in [-0.2, -0.15) is 0 Å². The highest BCUT2D eigenvalue weighted by Gasteiger charge is 2.32. The van der Waals surface area contributed by atoms with Crippen LogP contribution in [0.15, 0.2) is 47.8 Å². The number of nitroso groups, excluding NO2 is 1. The number of aromatic nitrogens is 1. The number of halogens is 1. The molecule has 3 aromatic rings. The van der Waals surface area contributed by atoms with Gasteiger partial charge in [-0.1, -0.05) is 12.1 Å². The second-order valence-electron chi connectivity index (χ2n) is 9.63. The summed E-state index contributed by atoms with van der Waals surface area (Å²) in [6.07, 6.45) is 2.92. The Balaban J connectivity index is 1.40. The number of hydrogen-bond acceptors (Lipinski definition) is 6. The number of amides is 2. The van der Waals surface area contributed by atoms with Crippen molar-refractivity contribution < 1.29 is 18.7 Å². The molecule has 2 aliphatic rings. The van der Waals surface area contributed by atoms with E-state index in [2.05, 4.69) is 14.8 Å². The summed E-state index contributed by atoms with van der Waals surface area (Å²) in [7, 11) is 1.72. The van der Waals surface area contributed by atoms with E-state index in [9.17, 15) is 18.9 Å². The standard InChI is InChI=1S/C27H30FN5O4/c1-37-17-21-3-2-11-31(21)13-14-32-12-10-24-25(27(32)35)22-15-20(28)8-9-23(22)33(24)16-18-4-6-19(7-5-18)26(34)29-30-36/h4-9,15,21H,2-3,10-14,16-17H2,1H3,(H,29,34,36). The van der Waals surface area contributed by atoms with E-state index in [1.807, 2.05) is 10.3 Å². The number of carbonyl (C=O) groups excluding carboxylic acids is 2. The van der Waals surface area contributed by atoms with E-state index in [-0.39, 0.29) is 11.7 Å². The van der Waals surface area contributed by atoms with Gasteiger partial charge in [0.2, 0.25) is 0 Å². The van der Waals surface area contributed by atoms with Crippen molar-refractivity contribution in [1.82, 2.24) is 19.8 Å². The molecule has 37 heavy (non-hydrogen) atoms. The Bertz CT molecular complexity index is 1320. The number of likely N-dealkylation sites (tertiary alicyclic amines) is 1. The SMILES string of the molecule is COCC1CCCN1CCN1CCc2c(c3cc(F)ccc3n2Cc2ccc(C(=O)NN=O)cc2)C1=O. The zero-order chi connectivity index (χ0) is 25.9. The summed E-state index contributed by atoms with van der Waals surface area (Å²) in [4.78, 5) is 40.1. The Hall–Kier alpha value is -3.63. The van der Waals surface area contributed by atoms with Crippen molar-refractivity contribution in [3.05, 3.63) is 75.6 Å². The first-order valence-corrected chi connectivity index (χ1v) is 12.5. The molecular formula is C27H30FN5O4. The third-order valence-electron chi connectivity index (χ3n) is 7.47. The molecule has 0 spiro atoms. The van der Waals surface area contributed by atoms with E-state index in [1.165, 1.54) is 12.1 Å². The van der Waals surface area contributed by atoms with Gasteiger partial charge in [0.05, 0.1) is 17.5 Å². The highest BCUT2D eigenvalue weighted by molar-refractivity contribution is 6.09. The molecule has 0 bridgehead atoms. The summed E-state index contributed by atoms with van der Waals surface area (Å²) in [5.74, 6) is -1.02. The lowest BCUT2D eigenvalue weighted by Crippen LogP contribution is -2.44. The molecule has 2 amide bonds. The lowest BCUT2D eigenvalue weighted by Gasteiger charge is -2.31.